The molecule has 0 amide bonds. The van der Waals surface area contributed by atoms with Crippen LogP contribution in [0.2, 0.25) is 0 Å². The number of nitrogens with one attached hydrogen (secondary N) is 1. The number of rotatable bonds is 2. The maximum absolute atomic E-state index is 11.8. The van der Waals surface area contributed by atoms with Gasteiger partial charge in [0.05, 0.1) is 3.70 Å². The van der Waals surface area contributed by atoms with Gasteiger partial charge >= 0.3 is 6.36 Å². The Balaban J connectivity index is 3.28. The first kappa shape index (κ1) is 12.0. The highest BCUT2D eigenvalue weighted by Gasteiger charge is 2.33. The van der Waals surface area contributed by atoms with E-state index in [0.29, 0.717) is 0 Å². The van der Waals surface area contributed by atoms with Gasteiger partial charge in [-0.3, -0.25) is 9.59 Å². The number of alkyl halides is 3. The maximum Gasteiger partial charge on any atom is 0.573 e. The summed E-state index contributed by atoms with van der Waals surface area (Å²) in [7, 11) is 0. The average Bonchev–Trinajstić information content (AvgIpc) is 2.07. The van der Waals surface area contributed by atoms with Crippen LogP contribution in [-0.4, -0.2) is 17.6 Å². The summed E-state index contributed by atoms with van der Waals surface area (Å²) in [6.45, 7) is 0. The molecule has 15 heavy (non-hydrogen) atoms. The summed E-state index contributed by atoms with van der Waals surface area (Å²) in [5.74, 6) is -1.04. The monoisotopic (exact) mass is 333 g/mol. The molecule has 1 N–H and O–H groups in total. The van der Waals surface area contributed by atoms with Crippen LogP contribution in [0.1, 0.15) is 10.5 Å². The molecule has 0 saturated carbocycles. The van der Waals surface area contributed by atoms with Crippen LogP contribution in [-0.2, 0) is 0 Å². The van der Waals surface area contributed by atoms with E-state index in [2.05, 4.69) is 9.72 Å². The van der Waals surface area contributed by atoms with Crippen molar-refractivity contribution in [1.29, 1.82) is 0 Å². The molecule has 0 bridgehead atoms. The maximum atomic E-state index is 11.8. The van der Waals surface area contributed by atoms with Crippen LogP contribution in [0.3, 0.4) is 0 Å². The molecule has 1 heterocycles. The molecule has 1 aromatic rings. The molecule has 4 nitrogen and oxygen atoms in total. The smallest absolute Gasteiger partial charge is 0.399 e. The van der Waals surface area contributed by atoms with Crippen molar-refractivity contribution in [3.63, 3.8) is 0 Å². The molecule has 0 unspecified atom stereocenters. The number of hydrogen-bond donors (Lipinski definition) is 1. The third-order valence-corrected chi connectivity index (χ3v) is 1.90. The highest BCUT2D eigenvalue weighted by atomic mass is 127. The number of aromatic nitrogens is 1. The van der Waals surface area contributed by atoms with Crippen molar-refractivity contribution in [1.82, 2.24) is 4.98 Å². The average molecular weight is 333 g/mol. The number of hydrogen-bond acceptors (Lipinski definition) is 3. The van der Waals surface area contributed by atoms with Gasteiger partial charge in [-0.25, -0.2) is 0 Å². The van der Waals surface area contributed by atoms with Gasteiger partial charge < -0.3 is 9.72 Å². The Morgan fingerprint density at radius 2 is 2.07 bits per heavy atom. The second-order valence-corrected chi connectivity index (χ2v) is 3.55. The van der Waals surface area contributed by atoms with Crippen molar-refractivity contribution in [2.75, 3.05) is 0 Å². The van der Waals surface area contributed by atoms with Crippen molar-refractivity contribution in [2.24, 2.45) is 0 Å². The lowest BCUT2D eigenvalue weighted by Gasteiger charge is -2.09. The van der Waals surface area contributed by atoms with Gasteiger partial charge in [-0.05, 0) is 22.6 Å². The van der Waals surface area contributed by atoms with Gasteiger partial charge in [-0.2, -0.15) is 0 Å². The van der Waals surface area contributed by atoms with Crippen LogP contribution < -0.4 is 10.2 Å². The minimum Gasteiger partial charge on any atom is -0.399 e. The molecule has 0 aliphatic rings. The molecule has 1 aromatic heterocycles. The molecule has 1 rings (SSSR count). The minimum atomic E-state index is -5.00. The van der Waals surface area contributed by atoms with Crippen molar-refractivity contribution in [2.45, 2.75) is 6.36 Å². The molecule has 0 fully saturated rings. The number of carbonyl (C=O) groups is 1. The standard InChI is InChI=1S/C7H3F3INO3/c8-7(9,10)15-6-3(2-13)12-5(11)1-4(6)14/h1-2H,(H,12,14). The van der Waals surface area contributed by atoms with Crippen LogP contribution >= 0.6 is 22.6 Å². The second-order valence-electron chi connectivity index (χ2n) is 2.39. The highest BCUT2D eigenvalue weighted by Crippen LogP contribution is 2.21. The Bertz CT molecular complexity index is 440. The number of pyridine rings is 1. The van der Waals surface area contributed by atoms with Crippen molar-refractivity contribution >= 4 is 28.9 Å². The summed E-state index contributed by atoms with van der Waals surface area (Å²) in [4.78, 5) is 23.8. The fourth-order valence-corrected chi connectivity index (χ4v) is 1.41. The van der Waals surface area contributed by atoms with Gasteiger partial charge in [0.25, 0.3) is 0 Å². The summed E-state index contributed by atoms with van der Waals surface area (Å²) < 4.78 is 39.2. The number of ether oxygens (including phenoxy) is 1. The van der Waals surface area contributed by atoms with Gasteiger partial charge in [0.1, 0.15) is 5.69 Å². The summed E-state index contributed by atoms with van der Waals surface area (Å²) in [6.07, 6.45) is -4.91. The molecule has 0 aliphatic carbocycles. The van der Waals surface area contributed by atoms with Gasteiger partial charge in [-0.1, -0.05) is 0 Å². The highest BCUT2D eigenvalue weighted by molar-refractivity contribution is 14.1. The van der Waals surface area contributed by atoms with Gasteiger partial charge in [0.2, 0.25) is 11.2 Å². The number of aromatic amines is 1. The number of halogens is 4. The van der Waals surface area contributed by atoms with Crippen molar-refractivity contribution in [3.05, 3.63) is 25.7 Å². The lowest BCUT2D eigenvalue weighted by Crippen LogP contribution is -2.23. The van der Waals surface area contributed by atoms with E-state index in [1.165, 1.54) is 0 Å². The zero-order valence-electron chi connectivity index (χ0n) is 6.89. The van der Waals surface area contributed by atoms with Crippen LogP contribution in [0.5, 0.6) is 5.75 Å². The Morgan fingerprint density at radius 1 is 1.47 bits per heavy atom. The zero-order valence-corrected chi connectivity index (χ0v) is 9.05. The summed E-state index contributed by atoms with van der Waals surface area (Å²) in [5, 5.41) is 0. The van der Waals surface area contributed by atoms with Crippen molar-refractivity contribution < 1.29 is 22.7 Å². The largest absolute Gasteiger partial charge is 0.573 e. The van der Waals surface area contributed by atoms with Crippen molar-refractivity contribution in [3.8, 4) is 5.75 Å². The third kappa shape index (κ3) is 3.22. The second kappa shape index (κ2) is 4.21. The predicted molar refractivity (Wildman–Crippen MR) is 51.9 cm³/mol. The van der Waals surface area contributed by atoms with Gasteiger partial charge in [-0.15, -0.1) is 13.2 Å². The van der Waals surface area contributed by atoms with E-state index in [1.807, 2.05) is 0 Å². The number of H-pyrrole nitrogens is 1. The van der Waals surface area contributed by atoms with Gasteiger partial charge in [0.15, 0.2) is 6.29 Å². The lowest BCUT2D eigenvalue weighted by atomic mass is 10.3. The molecular weight excluding hydrogens is 330 g/mol. The Morgan fingerprint density at radius 3 is 2.53 bits per heavy atom. The fourth-order valence-electron chi connectivity index (χ4n) is 0.839. The third-order valence-electron chi connectivity index (χ3n) is 1.32. The zero-order chi connectivity index (χ0) is 11.6. The first-order valence-electron chi connectivity index (χ1n) is 3.47. The predicted octanol–water partition coefficient (Wildman–Crippen LogP) is 1.69. The molecule has 8 heteroatoms. The van der Waals surface area contributed by atoms with E-state index in [-0.39, 0.29) is 9.99 Å². The SMILES string of the molecule is O=Cc1[nH]c(I)cc(=O)c1OC(F)(F)F. The lowest BCUT2D eigenvalue weighted by molar-refractivity contribution is -0.275. The van der Waals surface area contributed by atoms with E-state index >= 15 is 0 Å². The number of carbonyl (C=O) groups excluding carboxylic acids is 1. The Hall–Kier alpha value is -1.06. The first-order valence-corrected chi connectivity index (χ1v) is 4.55. The summed E-state index contributed by atoms with van der Waals surface area (Å²) in [5.41, 5.74) is -1.54. The molecule has 82 valence electrons. The topological polar surface area (TPSA) is 59.2 Å². The quantitative estimate of drug-likeness (QED) is 0.509. The van der Waals surface area contributed by atoms with E-state index in [4.69, 9.17) is 0 Å². The molecule has 0 aliphatic heterocycles. The van der Waals surface area contributed by atoms with E-state index in [0.717, 1.165) is 6.07 Å². The van der Waals surface area contributed by atoms with Gasteiger partial charge in [0, 0.05) is 6.07 Å². The molecule has 0 radical (unpaired) electrons. The van der Waals surface area contributed by atoms with Crippen LogP contribution in [0.15, 0.2) is 10.9 Å². The van der Waals surface area contributed by atoms with Crippen LogP contribution in [0.4, 0.5) is 13.2 Å². The minimum absolute atomic E-state index is 0.0879. The molecular formula is C7H3F3INO3. The van der Waals surface area contributed by atoms with E-state index in [1.54, 1.807) is 22.6 Å². The molecule has 0 saturated heterocycles. The summed E-state index contributed by atoms with van der Waals surface area (Å²) in [6, 6.07) is 0.897. The Labute approximate surface area is 94.6 Å². The molecule has 0 spiro atoms. The normalized spacial score (nSPS) is 11.2. The van der Waals surface area contributed by atoms with E-state index in [9.17, 15) is 22.8 Å². The fraction of sp³-hybridized carbons (Fsp3) is 0.143. The van der Waals surface area contributed by atoms with E-state index < -0.39 is 23.2 Å². The summed E-state index contributed by atoms with van der Waals surface area (Å²) >= 11 is 1.66. The first-order chi connectivity index (χ1) is 6.83. The molecule has 0 aromatic carbocycles. The molecule has 0 atom stereocenters. The Kier molecular flexibility index (Phi) is 3.37. The van der Waals surface area contributed by atoms with Crippen LogP contribution in [0.25, 0.3) is 0 Å². The van der Waals surface area contributed by atoms with Crippen LogP contribution in [0, 0.1) is 3.70 Å². The number of aldehydes is 1.